The van der Waals surface area contributed by atoms with E-state index in [0.29, 0.717) is 32.2 Å². The number of ether oxygens (including phenoxy) is 1. The molecule has 0 radical (unpaired) electrons. The number of rotatable bonds is 13. The number of sulfonamides is 1. The van der Waals surface area contributed by atoms with Crippen LogP contribution in [0.5, 0.6) is 5.75 Å². The molecule has 1 rings (SSSR count). The predicted molar refractivity (Wildman–Crippen MR) is 108 cm³/mol. The minimum Gasteiger partial charge on any atom is -0.493 e. The van der Waals surface area contributed by atoms with E-state index in [4.69, 9.17) is 4.74 Å². The smallest absolute Gasteiger partial charge is 0.389 e. The quantitative estimate of drug-likeness (QED) is 0.430. The first-order valence-corrected chi connectivity index (χ1v) is 11.1. The molecule has 0 heterocycles. The van der Waals surface area contributed by atoms with Crippen molar-refractivity contribution in [2.45, 2.75) is 56.5 Å². The molecule has 0 aliphatic rings. The molecule has 0 aliphatic heterocycles. The molecule has 0 saturated heterocycles. The highest BCUT2D eigenvalue weighted by atomic mass is 32.2. The Labute approximate surface area is 175 Å². The Morgan fingerprint density at radius 1 is 1.13 bits per heavy atom. The van der Waals surface area contributed by atoms with Crippen LogP contribution < -0.4 is 10.1 Å². The lowest BCUT2D eigenvalue weighted by Crippen LogP contribution is -2.24. The predicted octanol–water partition coefficient (Wildman–Crippen LogP) is 4.35. The number of anilines is 1. The van der Waals surface area contributed by atoms with Crippen molar-refractivity contribution in [1.82, 2.24) is 4.31 Å². The fraction of sp³-hybridized carbons (Fsp3) is 0.632. The summed E-state index contributed by atoms with van der Waals surface area (Å²) >= 11 is 0. The molecule has 1 aromatic carbocycles. The summed E-state index contributed by atoms with van der Waals surface area (Å²) in [4.78, 5) is 11.3. The molecule has 0 bridgehead atoms. The Morgan fingerprint density at radius 2 is 1.73 bits per heavy atom. The number of nitrogens with one attached hydrogen (secondary N) is 1. The molecular formula is C19H29F3N2O5S. The highest BCUT2D eigenvalue weighted by Gasteiger charge is 2.27. The highest BCUT2D eigenvalue weighted by Crippen LogP contribution is 2.32. The normalized spacial score (nSPS) is 12.2. The van der Waals surface area contributed by atoms with Gasteiger partial charge in [0.1, 0.15) is 16.2 Å². The first-order chi connectivity index (χ1) is 13.9. The Bertz CT molecular complexity index is 811. The fourth-order valence-electron chi connectivity index (χ4n) is 2.75. The molecule has 1 aromatic rings. The summed E-state index contributed by atoms with van der Waals surface area (Å²) in [5, 5.41) is 12.4. The maximum atomic E-state index is 12.6. The number of halogens is 3. The Morgan fingerprint density at radius 3 is 2.27 bits per heavy atom. The lowest BCUT2D eigenvalue weighted by atomic mass is 10.1. The number of nitrogens with zero attached hydrogens (tertiary/aromatic N) is 1. The second kappa shape index (κ2) is 11.4. The summed E-state index contributed by atoms with van der Waals surface area (Å²) in [6.45, 7) is 2.27. The van der Waals surface area contributed by atoms with Gasteiger partial charge in [-0.3, -0.25) is 0 Å². The van der Waals surface area contributed by atoms with Crippen LogP contribution in [-0.2, 0) is 10.0 Å². The van der Waals surface area contributed by atoms with Crippen molar-refractivity contribution in [2.24, 2.45) is 0 Å². The molecule has 0 saturated carbocycles. The Balaban J connectivity index is 2.86. The molecule has 0 amide bonds. The molecule has 2 N–H and O–H groups in total. The first kappa shape index (κ1) is 26.0. The molecule has 172 valence electrons. The van der Waals surface area contributed by atoms with Gasteiger partial charge >= 0.3 is 12.1 Å². The van der Waals surface area contributed by atoms with Crippen LogP contribution in [0.25, 0.3) is 0 Å². The summed E-state index contributed by atoms with van der Waals surface area (Å²) in [6.07, 6.45) is -2.39. The van der Waals surface area contributed by atoms with Gasteiger partial charge < -0.3 is 15.2 Å². The zero-order valence-corrected chi connectivity index (χ0v) is 18.2. The van der Waals surface area contributed by atoms with E-state index in [1.54, 1.807) is 6.92 Å². The van der Waals surface area contributed by atoms with Gasteiger partial charge in [0.25, 0.3) is 0 Å². The molecule has 0 unspecified atom stereocenters. The van der Waals surface area contributed by atoms with Gasteiger partial charge in [-0.25, -0.2) is 17.5 Å². The second-order valence-corrected chi connectivity index (χ2v) is 9.05. The fourth-order valence-corrected chi connectivity index (χ4v) is 3.82. The average molecular weight is 455 g/mol. The van der Waals surface area contributed by atoms with Crippen molar-refractivity contribution < 1.29 is 36.2 Å². The third kappa shape index (κ3) is 8.02. The molecule has 0 aromatic heterocycles. The number of carboxylic acid groups (broad SMARTS) is 1. The van der Waals surface area contributed by atoms with Crippen molar-refractivity contribution in [1.29, 1.82) is 0 Å². The number of carboxylic acids is 1. The van der Waals surface area contributed by atoms with Gasteiger partial charge in [-0.1, -0.05) is 19.3 Å². The summed E-state index contributed by atoms with van der Waals surface area (Å²) in [6, 6.07) is 2.43. The van der Waals surface area contributed by atoms with Crippen LogP contribution in [0, 0.1) is 0 Å². The maximum absolute atomic E-state index is 12.6. The summed E-state index contributed by atoms with van der Waals surface area (Å²) < 4.78 is 68.0. The highest BCUT2D eigenvalue weighted by molar-refractivity contribution is 7.89. The molecule has 11 heteroatoms. The lowest BCUT2D eigenvalue weighted by Gasteiger charge is -2.19. The lowest BCUT2D eigenvalue weighted by molar-refractivity contribution is -0.135. The summed E-state index contributed by atoms with van der Waals surface area (Å²) in [5.41, 5.74) is -0.0401. The standard InChI is InChI=1S/C19H29F3N2O5S/c1-4-29-16-13-15(23-11-9-7-5-6-8-10-19(20,21)22)17(12-14(16)18(25)26)30(27,28)24(2)3/h12-13,23H,4-11H2,1-3H3,(H,25,26). The van der Waals surface area contributed by atoms with Gasteiger partial charge in [0.15, 0.2) is 0 Å². The molecule has 0 spiro atoms. The van der Waals surface area contributed by atoms with Crippen LogP contribution in [0.3, 0.4) is 0 Å². The van der Waals surface area contributed by atoms with Crippen LogP contribution in [0.1, 0.15) is 55.8 Å². The number of benzene rings is 1. The van der Waals surface area contributed by atoms with Crippen molar-refractivity contribution in [3.05, 3.63) is 17.7 Å². The SMILES string of the molecule is CCOc1cc(NCCCCCCCC(F)(F)F)c(S(=O)(=O)N(C)C)cc1C(=O)O. The molecule has 7 nitrogen and oxygen atoms in total. The zero-order chi connectivity index (χ0) is 22.9. The monoisotopic (exact) mass is 454 g/mol. The number of hydrogen-bond donors (Lipinski definition) is 2. The van der Waals surface area contributed by atoms with Gasteiger partial charge in [0.2, 0.25) is 10.0 Å². The number of aromatic carboxylic acids is 1. The Hall–Kier alpha value is -2.01. The molecule has 0 atom stereocenters. The van der Waals surface area contributed by atoms with Crippen molar-refractivity contribution in [2.75, 3.05) is 32.6 Å². The van der Waals surface area contributed by atoms with E-state index in [-0.39, 0.29) is 34.9 Å². The number of hydrogen-bond acceptors (Lipinski definition) is 5. The Kier molecular flexibility index (Phi) is 9.89. The average Bonchev–Trinajstić information content (AvgIpc) is 2.62. The van der Waals surface area contributed by atoms with Gasteiger partial charge in [-0.05, 0) is 25.8 Å². The van der Waals surface area contributed by atoms with E-state index in [1.165, 1.54) is 20.2 Å². The maximum Gasteiger partial charge on any atom is 0.389 e. The van der Waals surface area contributed by atoms with Crippen molar-refractivity contribution in [3.63, 3.8) is 0 Å². The van der Waals surface area contributed by atoms with Crippen LogP contribution in [-0.4, -0.2) is 57.2 Å². The number of alkyl halides is 3. The van der Waals surface area contributed by atoms with Crippen LogP contribution >= 0.6 is 0 Å². The zero-order valence-electron chi connectivity index (χ0n) is 17.4. The third-order valence-electron chi connectivity index (χ3n) is 4.32. The van der Waals surface area contributed by atoms with Crippen LogP contribution in [0.2, 0.25) is 0 Å². The van der Waals surface area contributed by atoms with E-state index in [9.17, 15) is 31.5 Å². The first-order valence-electron chi connectivity index (χ1n) is 9.67. The molecule has 0 aliphatic carbocycles. The number of carbonyl (C=O) groups is 1. The van der Waals surface area contributed by atoms with Gasteiger partial charge in [-0.2, -0.15) is 13.2 Å². The third-order valence-corrected chi connectivity index (χ3v) is 6.18. The second-order valence-electron chi connectivity index (χ2n) is 6.93. The van der Waals surface area contributed by atoms with E-state index in [0.717, 1.165) is 10.4 Å². The van der Waals surface area contributed by atoms with E-state index >= 15 is 0 Å². The molecule has 0 fully saturated rings. The minimum atomic E-state index is -4.13. The molecule has 30 heavy (non-hydrogen) atoms. The van der Waals surface area contributed by atoms with Gasteiger partial charge in [0, 0.05) is 33.1 Å². The topological polar surface area (TPSA) is 95.9 Å². The molecular weight excluding hydrogens is 425 g/mol. The van der Waals surface area contributed by atoms with Crippen molar-refractivity contribution in [3.8, 4) is 5.75 Å². The number of unbranched alkanes of at least 4 members (excludes halogenated alkanes) is 4. The van der Waals surface area contributed by atoms with E-state index in [2.05, 4.69) is 5.32 Å². The van der Waals surface area contributed by atoms with Crippen molar-refractivity contribution >= 4 is 21.7 Å². The summed E-state index contributed by atoms with van der Waals surface area (Å²) in [7, 11) is -1.23. The van der Waals surface area contributed by atoms with E-state index in [1.807, 2.05) is 0 Å². The van der Waals surface area contributed by atoms with Gasteiger partial charge in [-0.15, -0.1) is 0 Å². The van der Waals surface area contributed by atoms with Gasteiger partial charge in [0.05, 0.1) is 12.3 Å². The van der Waals surface area contributed by atoms with Crippen LogP contribution in [0.15, 0.2) is 17.0 Å². The summed E-state index contributed by atoms with van der Waals surface area (Å²) in [5.74, 6) is -1.25. The largest absolute Gasteiger partial charge is 0.493 e. The van der Waals surface area contributed by atoms with E-state index < -0.39 is 28.6 Å². The minimum absolute atomic E-state index is 0.0531. The van der Waals surface area contributed by atoms with Crippen LogP contribution in [0.4, 0.5) is 18.9 Å².